The van der Waals surface area contributed by atoms with E-state index in [1.54, 1.807) is 6.92 Å². The molecule has 2 aliphatic rings. The Bertz CT molecular complexity index is 808. The highest BCUT2D eigenvalue weighted by Gasteiger charge is 2.62. The van der Waals surface area contributed by atoms with Crippen molar-refractivity contribution < 1.29 is 14.3 Å². The maximum absolute atomic E-state index is 11.6. The summed E-state index contributed by atoms with van der Waals surface area (Å²) in [6, 6.07) is 21.3. The number of benzene rings is 2. The number of ether oxygens (including phenoxy) is 2. The van der Waals surface area contributed by atoms with E-state index in [1.807, 2.05) is 12.1 Å². The van der Waals surface area contributed by atoms with E-state index in [2.05, 4.69) is 60.4 Å². The Labute approximate surface area is 154 Å². The molecule has 2 atom stereocenters. The van der Waals surface area contributed by atoms with E-state index < -0.39 is 11.6 Å². The zero-order valence-electron chi connectivity index (χ0n) is 14.9. The summed E-state index contributed by atoms with van der Waals surface area (Å²) < 4.78 is 10.9. The van der Waals surface area contributed by atoms with Crippen molar-refractivity contribution in [3.8, 4) is 11.8 Å². The number of epoxide rings is 1. The van der Waals surface area contributed by atoms with Crippen molar-refractivity contribution in [2.45, 2.75) is 43.3 Å². The summed E-state index contributed by atoms with van der Waals surface area (Å²) in [5.74, 6) is 5.18. The number of esters is 1. The van der Waals surface area contributed by atoms with Crippen molar-refractivity contribution in [3.63, 3.8) is 0 Å². The number of fused-ring (bicyclic) bond motifs is 1. The zero-order valence-corrected chi connectivity index (χ0v) is 14.9. The number of carbonyl (C=O) groups is 1. The number of carbonyl (C=O) groups excluding carboxylic acids is 1. The smallest absolute Gasteiger partial charge is 0.384 e. The molecule has 2 aromatic rings. The molecule has 0 aromatic heterocycles. The largest absolute Gasteiger partial charge is 0.456 e. The summed E-state index contributed by atoms with van der Waals surface area (Å²) in [5.41, 5.74) is 2.08. The van der Waals surface area contributed by atoms with E-state index in [0.717, 1.165) is 19.3 Å². The van der Waals surface area contributed by atoms with Crippen LogP contribution in [-0.4, -0.2) is 24.3 Å². The van der Waals surface area contributed by atoms with Gasteiger partial charge in [0.1, 0.15) is 6.10 Å². The summed E-state index contributed by atoms with van der Waals surface area (Å²) in [6.45, 7) is 2.12. The first-order valence-corrected chi connectivity index (χ1v) is 9.17. The normalized spacial score (nSPS) is 25.3. The van der Waals surface area contributed by atoms with Crippen LogP contribution in [0.25, 0.3) is 0 Å². The Hall–Kier alpha value is -2.57. The second-order valence-corrected chi connectivity index (χ2v) is 6.98. The van der Waals surface area contributed by atoms with Crippen LogP contribution in [0.5, 0.6) is 0 Å². The van der Waals surface area contributed by atoms with Crippen molar-refractivity contribution in [3.05, 3.63) is 71.8 Å². The summed E-state index contributed by atoms with van der Waals surface area (Å²) in [4.78, 5) is 11.6. The van der Waals surface area contributed by atoms with Gasteiger partial charge in [0.05, 0.1) is 6.61 Å². The molecule has 1 heterocycles. The van der Waals surface area contributed by atoms with Gasteiger partial charge in [-0.3, -0.25) is 0 Å². The maximum Gasteiger partial charge on any atom is 0.384 e. The van der Waals surface area contributed by atoms with Crippen LogP contribution in [0.15, 0.2) is 60.7 Å². The minimum absolute atomic E-state index is 0.0542. The van der Waals surface area contributed by atoms with Crippen molar-refractivity contribution in [2.24, 2.45) is 0 Å². The fourth-order valence-electron chi connectivity index (χ4n) is 4.17. The van der Waals surface area contributed by atoms with Crippen LogP contribution in [-0.2, 0) is 19.7 Å². The molecule has 132 valence electrons. The molecular weight excluding hydrogens is 324 g/mol. The fraction of sp³-hybridized carbons (Fsp3) is 0.348. The number of hydrogen-bond donors (Lipinski definition) is 0. The van der Waals surface area contributed by atoms with Gasteiger partial charge in [0.25, 0.3) is 0 Å². The molecule has 3 heteroatoms. The van der Waals surface area contributed by atoms with Gasteiger partial charge in [-0.15, -0.1) is 0 Å². The first-order chi connectivity index (χ1) is 12.7. The van der Waals surface area contributed by atoms with Gasteiger partial charge in [-0.05, 0) is 37.3 Å². The summed E-state index contributed by atoms with van der Waals surface area (Å²) in [7, 11) is 0. The molecule has 1 aliphatic heterocycles. The Balaban J connectivity index is 1.63. The minimum atomic E-state index is -0.473. The van der Waals surface area contributed by atoms with Gasteiger partial charge in [0.2, 0.25) is 0 Å². The van der Waals surface area contributed by atoms with E-state index >= 15 is 0 Å². The molecule has 2 unspecified atom stereocenters. The van der Waals surface area contributed by atoms with Gasteiger partial charge in [0, 0.05) is 11.3 Å². The molecule has 2 aromatic carbocycles. The molecule has 26 heavy (non-hydrogen) atoms. The second kappa shape index (κ2) is 6.63. The van der Waals surface area contributed by atoms with Gasteiger partial charge in [-0.1, -0.05) is 66.6 Å². The van der Waals surface area contributed by atoms with E-state index in [-0.39, 0.29) is 11.5 Å². The van der Waals surface area contributed by atoms with E-state index in [0.29, 0.717) is 6.61 Å². The van der Waals surface area contributed by atoms with Crippen molar-refractivity contribution in [2.75, 3.05) is 6.61 Å². The van der Waals surface area contributed by atoms with Crippen molar-refractivity contribution in [1.29, 1.82) is 0 Å². The van der Waals surface area contributed by atoms with Gasteiger partial charge in [-0.25, -0.2) is 4.79 Å². The Morgan fingerprint density at radius 3 is 2.23 bits per heavy atom. The number of hydrogen-bond acceptors (Lipinski definition) is 3. The molecule has 0 spiro atoms. The summed E-state index contributed by atoms with van der Waals surface area (Å²) >= 11 is 0. The van der Waals surface area contributed by atoms with Crippen LogP contribution in [0.3, 0.4) is 0 Å². The first kappa shape index (κ1) is 16.9. The molecular formula is C23H22O3. The van der Waals surface area contributed by atoms with Crippen LogP contribution in [0.4, 0.5) is 0 Å². The Morgan fingerprint density at radius 2 is 1.69 bits per heavy atom. The van der Waals surface area contributed by atoms with Gasteiger partial charge in [0.15, 0.2) is 5.60 Å². The first-order valence-electron chi connectivity index (χ1n) is 9.17. The van der Waals surface area contributed by atoms with Crippen molar-refractivity contribution >= 4 is 5.97 Å². The van der Waals surface area contributed by atoms with Gasteiger partial charge >= 0.3 is 5.97 Å². The average Bonchev–Trinajstić information content (AvgIpc) is 3.41. The molecule has 0 N–H and O–H groups in total. The summed E-state index contributed by atoms with van der Waals surface area (Å²) in [6.07, 6.45) is 2.68. The number of rotatable bonds is 3. The third kappa shape index (κ3) is 2.91. The Kier molecular flexibility index (Phi) is 4.30. The molecule has 1 saturated carbocycles. The lowest BCUT2D eigenvalue weighted by Crippen LogP contribution is -2.37. The average molecular weight is 346 g/mol. The molecule has 1 aliphatic carbocycles. The highest BCUT2D eigenvalue weighted by atomic mass is 16.6. The molecule has 1 saturated heterocycles. The zero-order chi connectivity index (χ0) is 18.0. The highest BCUT2D eigenvalue weighted by Crippen LogP contribution is 2.56. The SMILES string of the molecule is CCOC(=O)C#CC12CCC(c3ccccc3)(c3ccccc3)CC1O2. The molecule has 0 bridgehead atoms. The van der Waals surface area contributed by atoms with Crippen LogP contribution >= 0.6 is 0 Å². The second-order valence-electron chi connectivity index (χ2n) is 6.98. The third-order valence-corrected chi connectivity index (χ3v) is 5.58. The topological polar surface area (TPSA) is 38.8 Å². The summed E-state index contributed by atoms with van der Waals surface area (Å²) in [5, 5.41) is 0. The van der Waals surface area contributed by atoms with E-state index in [4.69, 9.17) is 9.47 Å². The molecule has 0 radical (unpaired) electrons. The van der Waals surface area contributed by atoms with E-state index in [1.165, 1.54) is 11.1 Å². The Morgan fingerprint density at radius 1 is 1.08 bits per heavy atom. The van der Waals surface area contributed by atoms with Crippen LogP contribution < -0.4 is 0 Å². The lowest BCUT2D eigenvalue weighted by Gasteiger charge is -2.38. The third-order valence-electron chi connectivity index (χ3n) is 5.58. The molecule has 4 rings (SSSR count). The van der Waals surface area contributed by atoms with Crippen LogP contribution in [0.2, 0.25) is 0 Å². The predicted molar refractivity (Wildman–Crippen MR) is 99.5 cm³/mol. The van der Waals surface area contributed by atoms with Crippen LogP contribution in [0.1, 0.15) is 37.3 Å². The minimum Gasteiger partial charge on any atom is -0.456 e. The lowest BCUT2D eigenvalue weighted by atomic mass is 9.63. The van der Waals surface area contributed by atoms with Gasteiger partial charge < -0.3 is 9.47 Å². The molecule has 3 nitrogen and oxygen atoms in total. The standard InChI is InChI=1S/C23H22O3/c1-2-25-21(24)13-14-23-16-15-22(17-20(23)26-23,18-9-5-3-6-10-18)19-11-7-4-8-12-19/h3-12,20H,2,15-17H2,1H3. The van der Waals surface area contributed by atoms with Crippen LogP contribution in [0, 0.1) is 11.8 Å². The van der Waals surface area contributed by atoms with E-state index in [9.17, 15) is 4.79 Å². The van der Waals surface area contributed by atoms with Crippen molar-refractivity contribution in [1.82, 2.24) is 0 Å². The maximum atomic E-state index is 11.6. The molecule has 2 fully saturated rings. The monoisotopic (exact) mass is 346 g/mol. The lowest BCUT2D eigenvalue weighted by molar-refractivity contribution is -0.136. The predicted octanol–water partition coefficient (Wildman–Crippen LogP) is 3.86. The molecule has 0 amide bonds. The quantitative estimate of drug-likeness (QED) is 0.367. The highest BCUT2D eigenvalue weighted by molar-refractivity contribution is 5.88. The van der Waals surface area contributed by atoms with Gasteiger partial charge in [-0.2, -0.15) is 0 Å². The fourth-order valence-corrected chi connectivity index (χ4v) is 4.17.